The second-order valence-electron chi connectivity index (χ2n) is 9.03. The molecule has 0 aliphatic rings. The maximum atomic E-state index is 12.5. The fourth-order valence-electron chi connectivity index (χ4n) is 3.69. The summed E-state index contributed by atoms with van der Waals surface area (Å²) >= 11 is 0. The third-order valence-electron chi connectivity index (χ3n) is 5.51. The molecule has 0 spiro atoms. The van der Waals surface area contributed by atoms with Crippen molar-refractivity contribution in [3.05, 3.63) is 82.8 Å². The number of carbonyl (C=O) groups excluding carboxylic acids is 1. The van der Waals surface area contributed by atoms with Crippen molar-refractivity contribution in [2.24, 2.45) is 0 Å². The van der Waals surface area contributed by atoms with Crippen LogP contribution in [0.3, 0.4) is 0 Å². The lowest BCUT2D eigenvalue weighted by Gasteiger charge is -2.28. The van der Waals surface area contributed by atoms with Crippen LogP contribution in [0.15, 0.2) is 54.7 Å². The number of hydrogen-bond acceptors (Lipinski definition) is 7. The molecule has 0 bridgehead atoms. The zero-order valence-corrected chi connectivity index (χ0v) is 19.7. The van der Waals surface area contributed by atoms with Crippen molar-refractivity contribution in [2.75, 3.05) is 11.9 Å². The van der Waals surface area contributed by atoms with Crippen LogP contribution in [0.25, 0.3) is 0 Å². The van der Waals surface area contributed by atoms with Gasteiger partial charge >= 0.3 is 0 Å². The van der Waals surface area contributed by atoms with Crippen molar-refractivity contribution in [1.82, 2.24) is 15.3 Å². The van der Waals surface area contributed by atoms with E-state index >= 15 is 0 Å². The highest BCUT2D eigenvalue weighted by molar-refractivity contribution is 5.91. The number of aromatic nitrogens is 2. The number of aliphatic hydroxyl groups excluding tert-OH is 2. The normalized spacial score (nSPS) is 12.4. The van der Waals surface area contributed by atoms with E-state index in [0.29, 0.717) is 17.9 Å². The molecule has 8 nitrogen and oxygen atoms in total. The van der Waals surface area contributed by atoms with Gasteiger partial charge in [0.05, 0.1) is 18.7 Å². The van der Waals surface area contributed by atoms with Gasteiger partial charge in [0, 0.05) is 18.3 Å². The van der Waals surface area contributed by atoms with E-state index in [1.807, 2.05) is 57.2 Å². The Morgan fingerprint density at radius 3 is 2.62 bits per heavy atom. The summed E-state index contributed by atoms with van der Waals surface area (Å²) in [4.78, 5) is 20.8. The van der Waals surface area contributed by atoms with Crippen molar-refractivity contribution in [1.29, 1.82) is 0 Å². The highest BCUT2D eigenvalue weighted by atomic mass is 16.3. The quantitative estimate of drug-likeness (QED) is 0.312. The third kappa shape index (κ3) is 7.08. The summed E-state index contributed by atoms with van der Waals surface area (Å²) < 4.78 is 0. The molecule has 0 aliphatic carbocycles. The second kappa shape index (κ2) is 11.2. The predicted octanol–water partition coefficient (Wildman–Crippen LogP) is 2.81. The Morgan fingerprint density at radius 2 is 1.88 bits per heavy atom. The molecule has 1 unspecified atom stereocenters. The Labute approximate surface area is 199 Å². The third-order valence-corrected chi connectivity index (χ3v) is 5.51. The number of pyridine rings is 2. The maximum absolute atomic E-state index is 12.5. The largest absolute Gasteiger partial charge is 0.506 e. The Kier molecular flexibility index (Phi) is 8.33. The van der Waals surface area contributed by atoms with Gasteiger partial charge in [-0.1, -0.05) is 30.3 Å². The van der Waals surface area contributed by atoms with Crippen LogP contribution in [-0.4, -0.2) is 43.3 Å². The van der Waals surface area contributed by atoms with Crippen LogP contribution in [0.5, 0.6) is 5.75 Å². The summed E-state index contributed by atoms with van der Waals surface area (Å²) in [5, 5.41) is 35.6. The summed E-state index contributed by atoms with van der Waals surface area (Å²) in [7, 11) is 0. The van der Waals surface area contributed by atoms with Crippen LogP contribution < -0.4 is 10.6 Å². The van der Waals surface area contributed by atoms with Crippen LogP contribution in [0, 0.1) is 6.92 Å². The zero-order chi connectivity index (χ0) is 24.7. The van der Waals surface area contributed by atoms with Crippen LogP contribution in [0.4, 0.5) is 5.82 Å². The number of hydrogen-bond donors (Lipinski definition) is 5. The molecule has 0 aliphatic heterocycles. The number of β-amino-alcohol motifs (C(OH)–C–C–N with tert-alkyl or cyclic N) is 1. The van der Waals surface area contributed by atoms with E-state index in [1.165, 1.54) is 12.1 Å². The molecule has 0 radical (unpaired) electrons. The number of carbonyl (C=O) groups is 1. The fourth-order valence-corrected chi connectivity index (χ4v) is 3.69. The molecular weight excluding hydrogens is 432 g/mol. The Morgan fingerprint density at radius 1 is 1.12 bits per heavy atom. The average molecular weight is 465 g/mol. The van der Waals surface area contributed by atoms with Crippen LogP contribution in [-0.2, 0) is 24.2 Å². The highest BCUT2D eigenvalue weighted by Crippen LogP contribution is 2.20. The summed E-state index contributed by atoms with van der Waals surface area (Å²) in [6, 6.07) is 14.6. The average Bonchev–Trinajstić information content (AvgIpc) is 2.79. The number of anilines is 1. The minimum absolute atomic E-state index is 0.101. The minimum atomic E-state index is -0.893. The Bertz CT molecular complexity index is 1130. The van der Waals surface area contributed by atoms with Gasteiger partial charge in [0.1, 0.15) is 23.4 Å². The second-order valence-corrected chi connectivity index (χ2v) is 9.03. The maximum Gasteiger partial charge on any atom is 0.229 e. The van der Waals surface area contributed by atoms with E-state index < -0.39 is 12.7 Å². The lowest BCUT2D eigenvalue weighted by Crippen LogP contribution is -2.43. The summed E-state index contributed by atoms with van der Waals surface area (Å²) in [6.07, 6.45) is 1.68. The van der Waals surface area contributed by atoms with Crippen LogP contribution >= 0.6 is 0 Å². The first kappa shape index (κ1) is 25.3. The first-order chi connectivity index (χ1) is 16.2. The van der Waals surface area contributed by atoms with E-state index in [9.17, 15) is 20.1 Å². The van der Waals surface area contributed by atoms with Gasteiger partial charge in [-0.3, -0.25) is 4.79 Å². The Balaban J connectivity index is 1.57. The molecule has 2 aromatic heterocycles. The van der Waals surface area contributed by atoms with Crippen molar-refractivity contribution in [2.45, 2.75) is 51.9 Å². The van der Waals surface area contributed by atoms with E-state index in [4.69, 9.17) is 0 Å². The first-order valence-electron chi connectivity index (χ1n) is 11.2. The number of rotatable bonds is 10. The van der Waals surface area contributed by atoms with E-state index in [0.717, 1.165) is 16.7 Å². The van der Waals surface area contributed by atoms with Crippen molar-refractivity contribution < 1.29 is 20.1 Å². The monoisotopic (exact) mass is 464 g/mol. The van der Waals surface area contributed by atoms with Gasteiger partial charge in [-0.2, -0.15) is 0 Å². The van der Waals surface area contributed by atoms with Gasteiger partial charge < -0.3 is 26.0 Å². The highest BCUT2D eigenvalue weighted by Gasteiger charge is 2.21. The van der Waals surface area contributed by atoms with Crippen LogP contribution in [0.1, 0.15) is 48.0 Å². The van der Waals surface area contributed by atoms with Crippen LogP contribution in [0.2, 0.25) is 0 Å². The zero-order valence-electron chi connectivity index (χ0n) is 19.7. The number of aryl methyl sites for hydroxylation is 1. The molecule has 5 N–H and O–H groups in total. The van der Waals surface area contributed by atoms with Crippen molar-refractivity contribution in [3.63, 3.8) is 0 Å². The standard InChI is InChI=1S/C26H32N4O4/c1-17-6-5-11-27-25(17)30-24(34)13-18-7-4-8-19(12-18)14-26(2,3)28-15-23(33)20-9-10-22(32)21(16-31)29-20/h4-12,23,28,31-33H,13-16H2,1-3H3,(H,27,30,34). The number of amides is 1. The SMILES string of the molecule is Cc1cccnc1NC(=O)Cc1cccc(CC(C)(C)NCC(O)c2ccc(O)c(CO)n2)c1. The summed E-state index contributed by atoms with van der Waals surface area (Å²) in [6.45, 7) is 5.82. The number of nitrogens with zero attached hydrogens (tertiary/aromatic N) is 2. The molecule has 1 aromatic carbocycles. The molecule has 0 fully saturated rings. The molecule has 3 rings (SSSR count). The lowest BCUT2D eigenvalue weighted by atomic mass is 9.93. The summed E-state index contributed by atoms with van der Waals surface area (Å²) in [5.41, 5.74) is 3.05. The van der Waals surface area contributed by atoms with E-state index in [-0.39, 0.29) is 35.9 Å². The van der Waals surface area contributed by atoms with E-state index in [1.54, 1.807) is 6.20 Å². The molecule has 0 saturated carbocycles. The molecular formula is C26H32N4O4. The van der Waals surface area contributed by atoms with Crippen molar-refractivity contribution in [3.8, 4) is 5.75 Å². The number of aromatic hydroxyl groups is 1. The van der Waals surface area contributed by atoms with Gasteiger partial charge in [-0.05, 0) is 62.1 Å². The lowest BCUT2D eigenvalue weighted by molar-refractivity contribution is -0.115. The molecule has 1 atom stereocenters. The minimum Gasteiger partial charge on any atom is -0.506 e. The molecule has 34 heavy (non-hydrogen) atoms. The molecule has 0 saturated heterocycles. The molecule has 8 heteroatoms. The number of benzene rings is 1. The van der Waals surface area contributed by atoms with Gasteiger partial charge in [0.15, 0.2) is 0 Å². The molecule has 3 aromatic rings. The number of nitrogens with one attached hydrogen (secondary N) is 2. The topological polar surface area (TPSA) is 128 Å². The van der Waals surface area contributed by atoms with Crippen molar-refractivity contribution >= 4 is 11.7 Å². The molecule has 180 valence electrons. The predicted molar refractivity (Wildman–Crippen MR) is 130 cm³/mol. The van der Waals surface area contributed by atoms with E-state index in [2.05, 4.69) is 20.6 Å². The van der Waals surface area contributed by atoms with Gasteiger partial charge in [0.25, 0.3) is 0 Å². The van der Waals surface area contributed by atoms with Gasteiger partial charge in [0.2, 0.25) is 5.91 Å². The molecule has 1 amide bonds. The van der Waals surface area contributed by atoms with Gasteiger partial charge in [-0.25, -0.2) is 9.97 Å². The molecule has 2 heterocycles. The smallest absolute Gasteiger partial charge is 0.229 e. The fraction of sp³-hybridized carbons (Fsp3) is 0.346. The summed E-state index contributed by atoms with van der Waals surface area (Å²) in [5.74, 6) is 0.348. The first-order valence-corrected chi connectivity index (χ1v) is 11.2. The van der Waals surface area contributed by atoms with Gasteiger partial charge in [-0.15, -0.1) is 0 Å². The Hall–Kier alpha value is -3.33. The number of aliphatic hydroxyl groups is 2.